The van der Waals surface area contributed by atoms with Crippen LogP contribution < -0.4 is 9.50 Å². The van der Waals surface area contributed by atoms with Crippen LogP contribution in [-0.4, -0.2) is 30.4 Å². The molecule has 0 bridgehead atoms. The van der Waals surface area contributed by atoms with Gasteiger partial charge in [0.15, 0.2) is 5.75 Å². The van der Waals surface area contributed by atoms with E-state index in [1.165, 1.54) is 42.2 Å². The Hall–Kier alpha value is -2.93. The molecule has 1 heterocycles. The molecule has 3 aromatic carbocycles. The number of nitrogens with one attached hydrogen (secondary N) is 1. The number of hydrogen-bond donors (Lipinski definition) is 1. The van der Waals surface area contributed by atoms with E-state index in [0.717, 1.165) is 21.8 Å². The molecule has 3 amide bonds. The summed E-state index contributed by atoms with van der Waals surface area (Å²) in [5.74, 6) is -0.628. The SMILES string of the molecule is CC(=O)Nc1ccc(S(=O)(=O)Oc2ccc(/C=C3\SC(=O)N(Cc4ccc(Br)cc4)C3=O)cc2Br)cc1. The number of halogens is 2. The minimum Gasteiger partial charge on any atom is -0.378 e. The molecule has 0 atom stereocenters. The van der Waals surface area contributed by atoms with Crippen molar-refractivity contribution < 1.29 is 27.0 Å². The quantitative estimate of drug-likeness (QED) is 0.237. The Kier molecular flexibility index (Phi) is 8.22. The lowest BCUT2D eigenvalue weighted by Crippen LogP contribution is -2.27. The van der Waals surface area contributed by atoms with E-state index in [2.05, 4.69) is 37.2 Å². The number of carbonyl (C=O) groups is 3. The Bertz CT molecular complexity index is 1520. The first-order valence-corrected chi connectivity index (χ1v) is 14.4. The average Bonchev–Trinajstić information content (AvgIpc) is 3.09. The standard InChI is InChI=1S/C25H18Br2N2O6S2/c1-15(30)28-19-7-9-20(10-8-19)37(33,34)35-22-11-4-17(12-21(22)27)13-23-24(31)29(25(32)36-23)14-16-2-5-18(26)6-3-16/h2-13H,14H2,1H3,(H,28,30)/b23-13-. The van der Waals surface area contributed by atoms with Crippen molar-refractivity contribution in [2.24, 2.45) is 0 Å². The van der Waals surface area contributed by atoms with E-state index in [-0.39, 0.29) is 33.2 Å². The normalized spacial score (nSPS) is 14.8. The van der Waals surface area contributed by atoms with Gasteiger partial charge in [0.05, 0.1) is 15.9 Å². The summed E-state index contributed by atoms with van der Waals surface area (Å²) in [5.41, 5.74) is 1.85. The third-order valence-corrected chi connectivity index (χ3v) is 8.35. The highest BCUT2D eigenvalue weighted by atomic mass is 79.9. The molecule has 37 heavy (non-hydrogen) atoms. The zero-order valence-corrected chi connectivity index (χ0v) is 23.9. The number of thioether (sulfide) groups is 1. The fourth-order valence-corrected chi connectivity index (χ4v) is 5.94. The topological polar surface area (TPSA) is 110 Å². The molecule has 4 rings (SSSR count). The van der Waals surface area contributed by atoms with E-state index >= 15 is 0 Å². The van der Waals surface area contributed by atoms with Crippen LogP contribution in [-0.2, 0) is 26.3 Å². The minimum atomic E-state index is -4.14. The summed E-state index contributed by atoms with van der Waals surface area (Å²) in [5, 5.41) is 2.19. The maximum atomic E-state index is 12.8. The van der Waals surface area contributed by atoms with Gasteiger partial charge in [0.2, 0.25) is 5.91 Å². The Labute approximate surface area is 234 Å². The van der Waals surface area contributed by atoms with Gasteiger partial charge in [-0.15, -0.1) is 0 Å². The summed E-state index contributed by atoms with van der Waals surface area (Å²) in [6, 6.07) is 17.5. The van der Waals surface area contributed by atoms with Crippen molar-refractivity contribution in [1.82, 2.24) is 4.90 Å². The number of anilines is 1. The van der Waals surface area contributed by atoms with E-state index in [9.17, 15) is 22.8 Å². The lowest BCUT2D eigenvalue weighted by atomic mass is 10.2. The van der Waals surface area contributed by atoms with Crippen LogP contribution >= 0.6 is 43.6 Å². The lowest BCUT2D eigenvalue weighted by molar-refractivity contribution is -0.123. The number of carbonyl (C=O) groups excluding carboxylic acids is 3. The monoisotopic (exact) mass is 664 g/mol. The lowest BCUT2D eigenvalue weighted by Gasteiger charge is -2.12. The Morgan fingerprint density at radius 3 is 2.32 bits per heavy atom. The van der Waals surface area contributed by atoms with E-state index < -0.39 is 16.0 Å². The minimum absolute atomic E-state index is 0.0476. The molecule has 0 aliphatic carbocycles. The molecule has 1 aliphatic rings. The van der Waals surface area contributed by atoms with E-state index in [0.29, 0.717) is 15.7 Å². The highest BCUT2D eigenvalue weighted by molar-refractivity contribution is 9.10. The third kappa shape index (κ3) is 6.69. The third-order valence-electron chi connectivity index (χ3n) is 5.04. The van der Waals surface area contributed by atoms with Crippen LogP contribution in [0.1, 0.15) is 18.1 Å². The maximum absolute atomic E-state index is 12.8. The summed E-state index contributed by atoms with van der Waals surface area (Å²) in [6.07, 6.45) is 1.57. The molecule has 0 aromatic heterocycles. The smallest absolute Gasteiger partial charge is 0.339 e. The maximum Gasteiger partial charge on any atom is 0.339 e. The van der Waals surface area contributed by atoms with Crippen LogP contribution in [0.4, 0.5) is 10.5 Å². The van der Waals surface area contributed by atoms with Crippen molar-refractivity contribution in [3.05, 3.63) is 91.7 Å². The van der Waals surface area contributed by atoms with E-state index in [1.54, 1.807) is 18.2 Å². The second-order valence-electron chi connectivity index (χ2n) is 7.83. The summed E-state index contributed by atoms with van der Waals surface area (Å²) in [4.78, 5) is 37.8. The molecule has 0 unspecified atom stereocenters. The van der Waals surface area contributed by atoms with Crippen LogP contribution in [0.5, 0.6) is 5.75 Å². The van der Waals surface area contributed by atoms with Crippen molar-refractivity contribution >= 4 is 82.6 Å². The zero-order chi connectivity index (χ0) is 26.7. The van der Waals surface area contributed by atoms with Crippen molar-refractivity contribution in [1.29, 1.82) is 0 Å². The van der Waals surface area contributed by atoms with Gasteiger partial charge in [0.25, 0.3) is 11.1 Å². The average molecular weight is 666 g/mol. The van der Waals surface area contributed by atoms with Crippen LogP contribution in [0, 0.1) is 0 Å². The molecule has 8 nitrogen and oxygen atoms in total. The molecule has 1 aliphatic heterocycles. The molecule has 0 spiro atoms. The van der Waals surface area contributed by atoms with Gasteiger partial charge in [-0.2, -0.15) is 8.42 Å². The first kappa shape index (κ1) is 27.1. The van der Waals surface area contributed by atoms with Crippen molar-refractivity contribution in [2.45, 2.75) is 18.4 Å². The predicted octanol–water partition coefficient (Wildman–Crippen LogP) is 6.17. The number of imide groups is 1. The van der Waals surface area contributed by atoms with Crippen LogP contribution in [0.15, 0.2) is 85.5 Å². The summed E-state index contributed by atoms with van der Waals surface area (Å²) < 4.78 is 31.9. The van der Waals surface area contributed by atoms with Crippen LogP contribution in [0.25, 0.3) is 6.08 Å². The number of rotatable bonds is 7. The summed E-state index contributed by atoms with van der Waals surface area (Å²) >= 11 is 7.51. The van der Waals surface area contributed by atoms with Gasteiger partial charge in [-0.3, -0.25) is 19.3 Å². The molecule has 12 heteroatoms. The van der Waals surface area contributed by atoms with Gasteiger partial charge in [0, 0.05) is 17.1 Å². The predicted molar refractivity (Wildman–Crippen MR) is 148 cm³/mol. The van der Waals surface area contributed by atoms with Gasteiger partial charge in [-0.05, 0) is 93.4 Å². The van der Waals surface area contributed by atoms with Gasteiger partial charge in [-0.1, -0.05) is 34.1 Å². The molecular weight excluding hydrogens is 648 g/mol. The second kappa shape index (κ2) is 11.2. The van der Waals surface area contributed by atoms with Crippen molar-refractivity contribution in [3.63, 3.8) is 0 Å². The summed E-state index contributed by atoms with van der Waals surface area (Å²) in [6.45, 7) is 1.51. The fraction of sp³-hybridized carbons (Fsp3) is 0.0800. The summed E-state index contributed by atoms with van der Waals surface area (Å²) in [7, 11) is -4.14. The fourth-order valence-electron chi connectivity index (χ4n) is 3.31. The molecule has 1 N–H and O–H groups in total. The van der Waals surface area contributed by atoms with E-state index in [4.69, 9.17) is 4.18 Å². The molecule has 1 fully saturated rings. The molecular formula is C25H18Br2N2O6S2. The molecule has 1 saturated heterocycles. The highest BCUT2D eigenvalue weighted by Gasteiger charge is 2.35. The Balaban J connectivity index is 1.48. The van der Waals surface area contributed by atoms with Gasteiger partial charge in [-0.25, -0.2) is 0 Å². The Morgan fingerprint density at radius 1 is 1.03 bits per heavy atom. The molecule has 190 valence electrons. The van der Waals surface area contributed by atoms with Gasteiger partial charge >= 0.3 is 10.1 Å². The highest BCUT2D eigenvalue weighted by Crippen LogP contribution is 2.35. The number of amides is 3. The van der Waals surface area contributed by atoms with Gasteiger partial charge in [0.1, 0.15) is 4.90 Å². The number of benzene rings is 3. The van der Waals surface area contributed by atoms with Crippen molar-refractivity contribution in [2.75, 3.05) is 5.32 Å². The van der Waals surface area contributed by atoms with Gasteiger partial charge < -0.3 is 9.50 Å². The number of hydrogen-bond acceptors (Lipinski definition) is 7. The van der Waals surface area contributed by atoms with Crippen LogP contribution in [0.3, 0.4) is 0 Å². The van der Waals surface area contributed by atoms with Crippen LogP contribution in [0.2, 0.25) is 0 Å². The largest absolute Gasteiger partial charge is 0.378 e. The van der Waals surface area contributed by atoms with Crippen molar-refractivity contribution in [3.8, 4) is 5.75 Å². The van der Waals surface area contributed by atoms with E-state index in [1.807, 2.05) is 24.3 Å². The number of nitrogens with zero attached hydrogens (tertiary/aromatic N) is 1. The zero-order valence-electron chi connectivity index (χ0n) is 19.1. The second-order valence-corrected chi connectivity index (χ2v) is 12.1. The molecule has 3 aromatic rings. The first-order chi connectivity index (χ1) is 17.5. The molecule has 0 radical (unpaired) electrons. The Morgan fingerprint density at radius 2 is 1.70 bits per heavy atom. The first-order valence-electron chi connectivity index (χ1n) is 10.6. The molecule has 0 saturated carbocycles.